The maximum absolute atomic E-state index is 12.5. The smallest absolute Gasteiger partial charge is 0.255 e. The van der Waals surface area contributed by atoms with Crippen molar-refractivity contribution in [3.63, 3.8) is 0 Å². The number of carbonyl (C=O) groups is 1. The molecule has 7 nitrogen and oxygen atoms in total. The quantitative estimate of drug-likeness (QED) is 0.744. The number of nitrogens with one attached hydrogen (secondary N) is 1. The summed E-state index contributed by atoms with van der Waals surface area (Å²) in [7, 11) is -3.37. The van der Waals surface area contributed by atoms with E-state index < -0.39 is 9.84 Å². The molecule has 1 heterocycles. The standard InChI is InChI=1S/C18H18N4O3S/c1-13-3-8-16(26(2,24)25)9-17(13)18(23)21-15-6-4-14(5-7-15)10-22-12-19-11-20-22/h3-9,11-12H,10H2,1-2H3,(H,21,23). The van der Waals surface area contributed by atoms with Crippen molar-refractivity contribution in [2.24, 2.45) is 0 Å². The Hall–Kier alpha value is -3.00. The van der Waals surface area contributed by atoms with Gasteiger partial charge in [0, 0.05) is 17.5 Å². The van der Waals surface area contributed by atoms with Crippen LogP contribution in [0.2, 0.25) is 0 Å². The molecule has 1 aromatic heterocycles. The Bertz CT molecular complexity index is 1030. The Kier molecular flexibility index (Phi) is 4.85. The van der Waals surface area contributed by atoms with Crippen molar-refractivity contribution in [1.29, 1.82) is 0 Å². The van der Waals surface area contributed by atoms with E-state index in [2.05, 4.69) is 15.4 Å². The topological polar surface area (TPSA) is 94.0 Å². The zero-order valence-electron chi connectivity index (χ0n) is 14.4. The highest BCUT2D eigenvalue weighted by Crippen LogP contribution is 2.18. The average Bonchev–Trinajstić information content (AvgIpc) is 3.09. The lowest BCUT2D eigenvalue weighted by Gasteiger charge is -2.10. The van der Waals surface area contributed by atoms with Crippen molar-refractivity contribution in [2.75, 3.05) is 11.6 Å². The molecule has 3 rings (SSSR count). The van der Waals surface area contributed by atoms with E-state index >= 15 is 0 Å². The molecule has 0 radical (unpaired) electrons. The largest absolute Gasteiger partial charge is 0.322 e. The first-order valence-electron chi connectivity index (χ1n) is 7.86. The van der Waals surface area contributed by atoms with Crippen LogP contribution >= 0.6 is 0 Å². The van der Waals surface area contributed by atoms with Crippen molar-refractivity contribution in [2.45, 2.75) is 18.4 Å². The molecule has 0 spiro atoms. The van der Waals surface area contributed by atoms with Crippen molar-refractivity contribution in [3.8, 4) is 0 Å². The van der Waals surface area contributed by atoms with Crippen LogP contribution in [0, 0.1) is 6.92 Å². The number of rotatable bonds is 5. The number of carbonyl (C=O) groups excluding carboxylic acids is 1. The monoisotopic (exact) mass is 370 g/mol. The molecule has 0 atom stereocenters. The van der Waals surface area contributed by atoms with Gasteiger partial charge in [-0.05, 0) is 42.3 Å². The van der Waals surface area contributed by atoms with Crippen LogP contribution in [0.15, 0.2) is 60.0 Å². The Labute approximate surface area is 151 Å². The number of hydrogen-bond donors (Lipinski definition) is 1. The van der Waals surface area contributed by atoms with Gasteiger partial charge in [-0.3, -0.25) is 4.79 Å². The van der Waals surface area contributed by atoms with E-state index in [-0.39, 0.29) is 10.8 Å². The van der Waals surface area contributed by atoms with E-state index in [1.165, 1.54) is 18.5 Å². The van der Waals surface area contributed by atoms with Crippen LogP contribution in [0.25, 0.3) is 0 Å². The number of nitrogens with zero attached hydrogens (tertiary/aromatic N) is 3. The third-order valence-electron chi connectivity index (χ3n) is 3.90. The third-order valence-corrected chi connectivity index (χ3v) is 5.02. The number of sulfone groups is 1. The molecule has 0 saturated carbocycles. The summed E-state index contributed by atoms with van der Waals surface area (Å²) in [5, 5.41) is 6.84. The Balaban J connectivity index is 1.76. The predicted octanol–water partition coefficient (Wildman–Crippen LogP) is 2.29. The average molecular weight is 370 g/mol. The molecule has 2 aromatic carbocycles. The molecule has 8 heteroatoms. The second-order valence-electron chi connectivity index (χ2n) is 5.99. The van der Waals surface area contributed by atoms with E-state index in [4.69, 9.17) is 0 Å². The Morgan fingerprint density at radius 1 is 1.15 bits per heavy atom. The lowest BCUT2D eigenvalue weighted by Crippen LogP contribution is -2.14. The zero-order chi connectivity index (χ0) is 18.7. The maximum atomic E-state index is 12.5. The van der Waals surface area contributed by atoms with Crippen LogP contribution in [0.4, 0.5) is 5.69 Å². The maximum Gasteiger partial charge on any atom is 0.255 e. The molecule has 0 aliphatic carbocycles. The zero-order valence-corrected chi connectivity index (χ0v) is 15.2. The molecule has 3 aromatic rings. The normalized spacial score (nSPS) is 11.3. The van der Waals surface area contributed by atoms with Gasteiger partial charge >= 0.3 is 0 Å². The molecule has 0 saturated heterocycles. The molecular weight excluding hydrogens is 352 g/mol. The summed E-state index contributed by atoms with van der Waals surface area (Å²) in [6.45, 7) is 2.35. The Morgan fingerprint density at radius 2 is 1.88 bits per heavy atom. The van der Waals surface area contributed by atoms with Gasteiger partial charge in [-0.15, -0.1) is 0 Å². The summed E-state index contributed by atoms with van der Waals surface area (Å²) in [5.41, 5.74) is 2.68. The van der Waals surface area contributed by atoms with Gasteiger partial charge < -0.3 is 5.32 Å². The molecule has 134 valence electrons. The fraction of sp³-hybridized carbons (Fsp3) is 0.167. The SMILES string of the molecule is Cc1ccc(S(C)(=O)=O)cc1C(=O)Nc1ccc(Cn2cncn2)cc1. The summed E-state index contributed by atoms with van der Waals surface area (Å²) < 4.78 is 25.1. The van der Waals surface area contributed by atoms with Gasteiger partial charge in [0.25, 0.3) is 5.91 Å². The molecule has 0 aliphatic rings. The lowest BCUT2D eigenvalue weighted by atomic mass is 10.1. The molecule has 0 unspecified atom stereocenters. The lowest BCUT2D eigenvalue weighted by molar-refractivity contribution is 0.102. The second kappa shape index (κ2) is 7.09. The van der Waals surface area contributed by atoms with E-state index in [1.807, 2.05) is 12.1 Å². The minimum Gasteiger partial charge on any atom is -0.322 e. The number of aromatic nitrogens is 3. The van der Waals surface area contributed by atoms with Crippen LogP contribution in [0.5, 0.6) is 0 Å². The second-order valence-corrected chi connectivity index (χ2v) is 8.01. The number of benzene rings is 2. The van der Waals surface area contributed by atoms with Gasteiger partial charge in [-0.2, -0.15) is 5.10 Å². The van der Waals surface area contributed by atoms with Crippen molar-refractivity contribution >= 4 is 21.4 Å². The van der Waals surface area contributed by atoms with E-state index in [0.717, 1.165) is 11.8 Å². The van der Waals surface area contributed by atoms with Gasteiger partial charge in [-0.1, -0.05) is 18.2 Å². The van der Waals surface area contributed by atoms with Gasteiger partial charge in [-0.25, -0.2) is 18.1 Å². The fourth-order valence-corrected chi connectivity index (χ4v) is 3.12. The van der Waals surface area contributed by atoms with Crippen LogP contribution in [0.3, 0.4) is 0 Å². The van der Waals surface area contributed by atoms with Crippen LogP contribution in [-0.2, 0) is 16.4 Å². The van der Waals surface area contributed by atoms with Crippen molar-refractivity contribution < 1.29 is 13.2 Å². The number of amides is 1. The third kappa shape index (κ3) is 4.15. The van der Waals surface area contributed by atoms with Crippen LogP contribution in [0.1, 0.15) is 21.5 Å². The molecule has 1 amide bonds. The van der Waals surface area contributed by atoms with Gasteiger partial charge in [0.15, 0.2) is 9.84 Å². The van der Waals surface area contributed by atoms with Crippen LogP contribution < -0.4 is 5.32 Å². The van der Waals surface area contributed by atoms with E-state index in [0.29, 0.717) is 23.4 Å². The summed E-state index contributed by atoms with van der Waals surface area (Å²) >= 11 is 0. The number of hydrogen-bond acceptors (Lipinski definition) is 5. The van der Waals surface area contributed by atoms with Gasteiger partial charge in [0.05, 0.1) is 11.4 Å². The minimum absolute atomic E-state index is 0.122. The molecule has 0 aliphatic heterocycles. The first-order chi connectivity index (χ1) is 12.3. The number of anilines is 1. The summed E-state index contributed by atoms with van der Waals surface area (Å²) in [6, 6.07) is 11.9. The molecule has 26 heavy (non-hydrogen) atoms. The molecular formula is C18H18N4O3S. The summed E-state index contributed by atoms with van der Waals surface area (Å²) in [4.78, 5) is 16.5. The fourth-order valence-electron chi connectivity index (χ4n) is 2.47. The first kappa shape index (κ1) is 17.8. The van der Waals surface area contributed by atoms with Crippen molar-refractivity contribution in [1.82, 2.24) is 14.8 Å². The highest BCUT2D eigenvalue weighted by atomic mass is 32.2. The van der Waals surface area contributed by atoms with E-state index in [9.17, 15) is 13.2 Å². The Morgan fingerprint density at radius 3 is 2.50 bits per heavy atom. The highest BCUT2D eigenvalue weighted by molar-refractivity contribution is 7.90. The minimum atomic E-state index is -3.37. The molecule has 1 N–H and O–H groups in total. The van der Waals surface area contributed by atoms with Gasteiger partial charge in [0.2, 0.25) is 0 Å². The molecule has 0 fully saturated rings. The highest BCUT2D eigenvalue weighted by Gasteiger charge is 2.14. The first-order valence-corrected chi connectivity index (χ1v) is 9.75. The predicted molar refractivity (Wildman–Crippen MR) is 97.8 cm³/mol. The summed E-state index contributed by atoms with van der Waals surface area (Å²) in [6.07, 6.45) is 4.22. The van der Waals surface area contributed by atoms with Gasteiger partial charge in [0.1, 0.15) is 12.7 Å². The summed E-state index contributed by atoms with van der Waals surface area (Å²) in [5.74, 6) is -0.350. The number of aryl methyl sites for hydroxylation is 1. The molecule has 0 bridgehead atoms. The van der Waals surface area contributed by atoms with Crippen molar-refractivity contribution in [3.05, 3.63) is 71.8 Å². The van der Waals surface area contributed by atoms with E-state index in [1.54, 1.807) is 36.1 Å². The van der Waals surface area contributed by atoms with Crippen LogP contribution in [-0.4, -0.2) is 35.3 Å².